The van der Waals surface area contributed by atoms with E-state index in [-0.39, 0.29) is 15.4 Å². The first kappa shape index (κ1) is 9.95. The van der Waals surface area contributed by atoms with Crippen LogP contribution < -0.4 is 4.46 Å². The molecule has 0 saturated heterocycles. The molecule has 1 atom stereocenters. The summed E-state index contributed by atoms with van der Waals surface area (Å²) in [4.78, 5) is 0. The minimum atomic E-state index is -0.337. The summed E-state index contributed by atoms with van der Waals surface area (Å²) in [6.07, 6.45) is 7.79. The summed E-state index contributed by atoms with van der Waals surface area (Å²) in [6.45, 7) is 0. The second-order valence-electron chi connectivity index (χ2n) is 3.56. The Morgan fingerprint density at radius 1 is 1.21 bits per heavy atom. The van der Waals surface area contributed by atoms with Gasteiger partial charge in [0.2, 0.25) is 0 Å². The average molecular weight is 232 g/mol. The Morgan fingerprint density at radius 2 is 2.07 bits per heavy atom. The van der Waals surface area contributed by atoms with Crippen molar-refractivity contribution in [2.24, 2.45) is 0 Å². The summed E-state index contributed by atoms with van der Waals surface area (Å²) in [7, 11) is 0. The van der Waals surface area contributed by atoms with E-state index in [4.69, 9.17) is 0 Å². The molecule has 1 unspecified atom stereocenters. The molecule has 0 fully saturated rings. The van der Waals surface area contributed by atoms with E-state index in [9.17, 15) is 3.55 Å². The zero-order valence-electron chi connectivity index (χ0n) is 7.89. The van der Waals surface area contributed by atoms with Crippen molar-refractivity contribution in [3.8, 4) is 0 Å². The molecule has 0 aliphatic heterocycles. The van der Waals surface area contributed by atoms with E-state index in [1.807, 2.05) is 18.2 Å². The van der Waals surface area contributed by atoms with Gasteiger partial charge in [-0.2, -0.15) is 0 Å². The summed E-state index contributed by atoms with van der Waals surface area (Å²) < 4.78 is 13.6. The van der Waals surface area contributed by atoms with Crippen LogP contribution in [0.15, 0.2) is 36.4 Å². The second kappa shape index (κ2) is 4.77. The number of halogens is 1. The van der Waals surface area contributed by atoms with E-state index >= 15 is 0 Å². The van der Waals surface area contributed by atoms with Gasteiger partial charge in [-0.25, -0.2) is 0 Å². The fraction of sp³-hybridized carbons (Fsp3) is 0.333. The van der Waals surface area contributed by atoms with Gasteiger partial charge in [-0.3, -0.25) is 0 Å². The van der Waals surface area contributed by atoms with Gasteiger partial charge < -0.3 is 0 Å². The van der Waals surface area contributed by atoms with E-state index < -0.39 is 0 Å². The van der Waals surface area contributed by atoms with Crippen molar-refractivity contribution in [2.45, 2.75) is 25.2 Å². The van der Waals surface area contributed by atoms with Crippen molar-refractivity contribution in [1.29, 1.82) is 0 Å². The Hall–Kier alpha value is -0.591. The predicted molar refractivity (Wildman–Crippen MR) is 52.9 cm³/mol. The van der Waals surface area contributed by atoms with Gasteiger partial charge in [-0.15, -0.1) is 0 Å². The van der Waals surface area contributed by atoms with Crippen LogP contribution in [0.25, 0.3) is 0 Å². The molecule has 2 heteroatoms. The van der Waals surface area contributed by atoms with Gasteiger partial charge in [0.15, 0.2) is 0 Å². The molecule has 0 aromatic heterocycles. The molecule has 2 rings (SSSR count). The van der Waals surface area contributed by atoms with Gasteiger partial charge in [0, 0.05) is 0 Å². The molecule has 1 aromatic rings. The van der Waals surface area contributed by atoms with Gasteiger partial charge >= 0.3 is 90.6 Å². The molecule has 0 heterocycles. The van der Waals surface area contributed by atoms with Crippen LogP contribution >= 0.6 is 0 Å². The van der Waals surface area contributed by atoms with E-state index in [0.717, 1.165) is 23.7 Å². The first-order valence-electron chi connectivity index (χ1n) is 4.89. The molecule has 0 bridgehead atoms. The summed E-state index contributed by atoms with van der Waals surface area (Å²) in [6, 6.07) is 7.89. The van der Waals surface area contributed by atoms with Gasteiger partial charge in [0.1, 0.15) is 0 Å². The quantitative estimate of drug-likeness (QED) is 0.542. The molecule has 0 N–H and O–H groups in total. The molecule has 0 spiro atoms. The standard InChI is InChI=1S/C12H13.FH.Fe/c1-3-7-11(8-4-1)12-9-5-2-6-10-12;;/h1-5,7,12H,6,9-10H2;1H;/q;;+1/p-1. The summed E-state index contributed by atoms with van der Waals surface area (Å²) in [5.41, 5.74) is 1.21. The maximum absolute atomic E-state index is 12.7. The molecular formula is C12H13FFe. The zero-order valence-corrected chi connectivity index (χ0v) is 9.00. The zero-order chi connectivity index (χ0) is 9.80. The fourth-order valence-electron chi connectivity index (χ4n) is 1.93. The predicted octanol–water partition coefficient (Wildman–Crippen LogP) is 3.10. The summed E-state index contributed by atoms with van der Waals surface area (Å²) in [5.74, 6) is 0.534. The Kier molecular flexibility index (Phi) is 3.39. The Labute approximate surface area is 90.8 Å². The molecule has 0 nitrogen and oxygen atoms in total. The molecule has 14 heavy (non-hydrogen) atoms. The normalized spacial score (nSPS) is 21.4. The number of benzene rings is 1. The van der Waals surface area contributed by atoms with Crippen LogP contribution in [0, 0.1) is 0 Å². The van der Waals surface area contributed by atoms with Crippen molar-refractivity contribution in [2.75, 3.05) is 0 Å². The van der Waals surface area contributed by atoms with Gasteiger partial charge in [-0.1, -0.05) is 0 Å². The third kappa shape index (κ3) is 2.07. The maximum atomic E-state index is 12.7. The van der Waals surface area contributed by atoms with E-state index in [1.54, 1.807) is 0 Å². The average Bonchev–Trinajstić information content (AvgIpc) is 2.30. The van der Waals surface area contributed by atoms with E-state index in [2.05, 4.69) is 18.2 Å². The first-order chi connectivity index (χ1) is 6.92. The number of rotatable bonds is 2. The molecule has 0 amide bonds. The third-order valence-corrected chi connectivity index (χ3v) is 3.40. The van der Waals surface area contributed by atoms with Crippen molar-refractivity contribution < 1.29 is 19.0 Å². The van der Waals surface area contributed by atoms with E-state index in [0.29, 0.717) is 5.92 Å². The Bertz CT molecular complexity index is 333. The molecule has 0 saturated carbocycles. The van der Waals surface area contributed by atoms with Crippen LogP contribution in [0.3, 0.4) is 0 Å². The monoisotopic (exact) mass is 232 g/mol. The molecule has 1 aliphatic carbocycles. The molecule has 1 aromatic carbocycles. The number of hydrogen-bond donors (Lipinski definition) is 0. The van der Waals surface area contributed by atoms with Crippen molar-refractivity contribution in [3.05, 3.63) is 42.0 Å². The van der Waals surface area contributed by atoms with Crippen LogP contribution in [0.1, 0.15) is 30.7 Å². The van der Waals surface area contributed by atoms with Crippen LogP contribution in [-0.4, -0.2) is 0 Å². The van der Waals surface area contributed by atoms with Crippen LogP contribution in [0.4, 0.5) is 3.55 Å². The Balaban J connectivity index is 2.25. The van der Waals surface area contributed by atoms with Gasteiger partial charge in [0.25, 0.3) is 0 Å². The van der Waals surface area contributed by atoms with Crippen molar-refractivity contribution in [1.82, 2.24) is 0 Å². The van der Waals surface area contributed by atoms with Crippen LogP contribution in [0.5, 0.6) is 0 Å². The minimum absolute atomic E-state index is 0.337. The topological polar surface area (TPSA) is 0 Å². The van der Waals surface area contributed by atoms with Crippen molar-refractivity contribution in [3.63, 3.8) is 0 Å². The summed E-state index contributed by atoms with van der Waals surface area (Å²) in [5, 5.41) is 0. The summed E-state index contributed by atoms with van der Waals surface area (Å²) >= 11 is -0.337. The number of allylic oxidation sites excluding steroid dienone is 2. The van der Waals surface area contributed by atoms with Gasteiger partial charge in [0.05, 0.1) is 0 Å². The fourth-order valence-corrected chi connectivity index (χ4v) is 2.55. The first-order valence-corrected chi connectivity index (χ1v) is 5.86. The molecule has 1 aliphatic rings. The van der Waals surface area contributed by atoms with Crippen LogP contribution in [-0.2, 0) is 15.4 Å². The van der Waals surface area contributed by atoms with Crippen LogP contribution in [0.2, 0.25) is 0 Å². The molecular weight excluding hydrogens is 219 g/mol. The SMILES string of the molecule is [F][Fe][c]1ccccc1C1CC=CCC1. The molecule has 76 valence electrons. The third-order valence-electron chi connectivity index (χ3n) is 2.67. The second-order valence-corrected chi connectivity index (χ2v) is 4.36. The van der Waals surface area contributed by atoms with Gasteiger partial charge in [-0.05, 0) is 0 Å². The van der Waals surface area contributed by atoms with E-state index in [1.165, 1.54) is 5.56 Å². The van der Waals surface area contributed by atoms with Crippen molar-refractivity contribution >= 4 is 4.46 Å². The number of hydrogen-bond acceptors (Lipinski definition) is 0. The molecule has 0 radical (unpaired) electrons. The Morgan fingerprint density at radius 3 is 2.79 bits per heavy atom.